The van der Waals surface area contributed by atoms with Crippen molar-refractivity contribution in [1.29, 1.82) is 0 Å². The van der Waals surface area contributed by atoms with Crippen molar-refractivity contribution in [1.82, 2.24) is 0 Å². The molecule has 0 aromatic heterocycles. The number of carboxylic acid groups (broad SMARTS) is 1. The lowest BCUT2D eigenvalue weighted by molar-refractivity contribution is -0.137. The summed E-state index contributed by atoms with van der Waals surface area (Å²) in [4.78, 5) is 10.5. The topological polar surface area (TPSA) is 98.0 Å². The van der Waals surface area contributed by atoms with Gasteiger partial charge in [-0.2, -0.15) is 0 Å². The van der Waals surface area contributed by atoms with E-state index in [2.05, 4.69) is 0 Å². The van der Waals surface area contributed by atoms with Crippen molar-refractivity contribution in [2.45, 2.75) is 95.6 Å². The van der Waals surface area contributed by atoms with Gasteiger partial charge in [0.15, 0.2) is 0 Å². The molecule has 1 fully saturated rings. The highest BCUT2D eigenvalue weighted by Gasteiger charge is 2.39. The molecule has 4 N–H and O–H groups in total. The van der Waals surface area contributed by atoms with Gasteiger partial charge in [0.2, 0.25) is 0 Å². The third-order valence-corrected chi connectivity index (χ3v) is 4.61. The highest BCUT2D eigenvalue weighted by atomic mass is 16.4. The molecule has 0 amide bonds. The first-order valence-corrected chi connectivity index (χ1v) is 8.79. The van der Waals surface area contributed by atoms with E-state index in [0.717, 1.165) is 18.9 Å². The number of aliphatic hydroxyl groups is 3. The number of rotatable bonds is 13. The van der Waals surface area contributed by atoms with E-state index in [1.165, 1.54) is 6.08 Å². The van der Waals surface area contributed by atoms with Crippen LogP contribution >= 0.6 is 0 Å². The lowest BCUT2D eigenvalue weighted by Crippen LogP contribution is -2.21. The van der Waals surface area contributed by atoms with Gasteiger partial charge in [-0.1, -0.05) is 57.4 Å². The zero-order valence-corrected chi connectivity index (χ0v) is 14.4. The number of carboxylic acids is 1. The van der Waals surface area contributed by atoms with Crippen LogP contribution in [0.3, 0.4) is 0 Å². The molecule has 0 heterocycles. The predicted octanol–water partition coefficient (Wildman–Crippen LogP) is 3.27. The Morgan fingerprint density at radius 3 is 2.72 bits per heavy atom. The molecule has 0 spiro atoms. The second-order valence-corrected chi connectivity index (χ2v) is 6.54. The highest BCUT2D eigenvalue weighted by Crippen LogP contribution is 2.37. The minimum Gasteiger partial charge on any atom is -0.481 e. The first-order valence-electron chi connectivity index (χ1n) is 13.3. The van der Waals surface area contributed by atoms with Crippen molar-refractivity contribution in [2.75, 3.05) is 0 Å². The minimum atomic E-state index is -3.51. The van der Waals surface area contributed by atoms with E-state index in [9.17, 15) is 20.1 Å². The Bertz CT molecular complexity index is 696. The van der Waals surface area contributed by atoms with Crippen LogP contribution in [0.2, 0.25) is 0 Å². The molecule has 1 saturated carbocycles. The summed E-state index contributed by atoms with van der Waals surface area (Å²) < 4.78 is 68.5. The van der Waals surface area contributed by atoms with Gasteiger partial charge < -0.3 is 20.4 Å². The van der Waals surface area contributed by atoms with E-state index in [0.29, 0.717) is 19.3 Å². The number of aliphatic carboxylic acids is 1. The lowest BCUT2D eigenvalue weighted by Gasteiger charge is -2.21. The van der Waals surface area contributed by atoms with Crippen LogP contribution in [0, 0.1) is 11.8 Å². The molecule has 146 valence electrons. The third kappa shape index (κ3) is 8.84. The minimum absolute atomic E-state index is 0.0906. The first kappa shape index (κ1) is 11.7. The van der Waals surface area contributed by atoms with Crippen LogP contribution in [0.5, 0.6) is 0 Å². The Hall–Kier alpha value is -0.910. The van der Waals surface area contributed by atoms with E-state index in [1.807, 2.05) is 0 Å². The van der Waals surface area contributed by atoms with Crippen LogP contribution in [-0.2, 0) is 4.79 Å². The molecule has 0 radical (unpaired) electrons. The Labute approximate surface area is 164 Å². The number of hydrogen-bond donors (Lipinski definition) is 4. The van der Waals surface area contributed by atoms with Crippen molar-refractivity contribution in [3.63, 3.8) is 0 Å². The van der Waals surface area contributed by atoms with Gasteiger partial charge >= 0.3 is 5.97 Å². The lowest BCUT2D eigenvalue weighted by atomic mass is 9.88. The van der Waals surface area contributed by atoms with Crippen LogP contribution in [0.4, 0.5) is 0 Å². The van der Waals surface area contributed by atoms with Crippen LogP contribution in [0.25, 0.3) is 0 Å². The molecule has 0 unspecified atom stereocenters. The van der Waals surface area contributed by atoms with Crippen LogP contribution in [0.1, 0.15) is 89.7 Å². The van der Waals surface area contributed by atoms with E-state index >= 15 is 0 Å². The summed E-state index contributed by atoms with van der Waals surface area (Å²) in [7, 11) is 0. The summed E-state index contributed by atoms with van der Waals surface area (Å²) in [5.41, 5.74) is 0. The van der Waals surface area contributed by atoms with Gasteiger partial charge in [-0.25, -0.2) is 0 Å². The van der Waals surface area contributed by atoms with Gasteiger partial charge in [0.1, 0.15) is 0 Å². The number of unbranched alkanes of at least 4 members (excludes halogenated alkanes) is 3. The van der Waals surface area contributed by atoms with Crippen molar-refractivity contribution in [2.24, 2.45) is 11.8 Å². The summed E-state index contributed by atoms with van der Waals surface area (Å²) in [5.74, 6) is -1.73. The molecule has 0 saturated heterocycles. The van der Waals surface area contributed by atoms with Gasteiger partial charge in [0.25, 0.3) is 0 Å². The average Bonchev–Trinajstić information content (AvgIpc) is 2.93. The Kier molecular flexibility index (Phi) is 5.84. The fraction of sp³-hybridized carbons (Fsp3) is 0.850. The summed E-state index contributed by atoms with van der Waals surface area (Å²) >= 11 is 0. The Morgan fingerprint density at radius 1 is 1.24 bits per heavy atom. The second kappa shape index (κ2) is 12.4. The normalized spacial score (nSPS) is 35.4. The summed E-state index contributed by atoms with van der Waals surface area (Å²) in [6.07, 6.45) is -8.06. The summed E-state index contributed by atoms with van der Waals surface area (Å²) in [5, 5.41) is 39.5. The zero-order chi connectivity index (χ0) is 26.5. The molecule has 0 aliphatic heterocycles. The van der Waals surface area contributed by atoms with E-state index in [4.69, 9.17) is 17.4 Å². The fourth-order valence-electron chi connectivity index (χ4n) is 3.31. The van der Waals surface area contributed by atoms with Gasteiger partial charge in [0.05, 0.1) is 18.3 Å². The van der Waals surface area contributed by atoms with Gasteiger partial charge in [0, 0.05) is 31.1 Å². The molecule has 5 nitrogen and oxygen atoms in total. The monoisotopic (exact) mass is 365 g/mol. The van der Waals surface area contributed by atoms with Gasteiger partial charge in [-0.15, -0.1) is 0 Å². The molecule has 1 rings (SSSR count). The van der Waals surface area contributed by atoms with Crippen LogP contribution in [-0.4, -0.2) is 44.7 Å². The summed E-state index contributed by atoms with van der Waals surface area (Å²) in [6, 6.07) is 0. The molecule has 0 bridgehead atoms. The molecule has 0 aromatic rings. The standard InChI is InChI=1S/C20H36O5/c1-2-3-6-9-15(21)12-13-17-16(18(22)14-19(17)23)10-7-4-5-8-11-20(24)25/h12-13,15-19,21-23H,2-11,14H2,1H3,(H,24,25)/b13-12+/t15-,16+,17+,18+,19+/m0/s1/i1D3,2D2,3D2,6D2. The predicted molar refractivity (Wildman–Crippen MR) is 98.2 cm³/mol. The SMILES string of the molecule is [2H]C([2H])([2H])C([2H])([2H])C([2H])([2H])C([2H])([2H])C[C@H](O)/C=C/[C@@H]1[C@@H](CCCCCCC(=O)O)[C@H](O)C[C@H]1O. The number of aliphatic hydroxyl groups excluding tert-OH is 3. The van der Waals surface area contributed by atoms with E-state index in [1.54, 1.807) is 0 Å². The molecule has 1 aliphatic carbocycles. The number of hydrogen-bond acceptors (Lipinski definition) is 4. The van der Waals surface area contributed by atoms with E-state index < -0.39 is 62.6 Å². The maximum atomic E-state index is 10.5. The maximum absolute atomic E-state index is 10.5. The van der Waals surface area contributed by atoms with Crippen molar-refractivity contribution in [3.05, 3.63) is 12.2 Å². The average molecular weight is 366 g/mol. The first-order chi connectivity index (χ1) is 15.3. The highest BCUT2D eigenvalue weighted by molar-refractivity contribution is 5.66. The molecule has 0 aromatic carbocycles. The van der Waals surface area contributed by atoms with Gasteiger partial charge in [-0.3, -0.25) is 4.79 Å². The van der Waals surface area contributed by atoms with Crippen molar-refractivity contribution < 1.29 is 37.6 Å². The molecular formula is C20H36O5. The molecule has 1 aliphatic rings. The number of carbonyl (C=O) groups is 1. The Balaban J connectivity index is 2.78. The fourth-order valence-corrected chi connectivity index (χ4v) is 3.31. The van der Waals surface area contributed by atoms with E-state index in [-0.39, 0.29) is 18.8 Å². The van der Waals surface area contributed by atoms with Crippen molar-refractivity contribution in [3.8, 4) is 0 Å². The molecule has 5 atom stereocenters. The van der Waals surface area contributed by atoms with Crippen LogP contribution < -0.4 is 0 Å². The van der Waals surface area contributed by atoms with Crippen molar-refractivity contribution >= 4 is 5.97 Å². The quantitative estimate of drug-likeness (QED) is 0.297. The largest absolute Gasteiger partial charge is 0.481 e. The molecular weight excluding hydrogens is 320 g/mol. The molecule has 5 heteroatoms. The zero-order valence-electron chi connectivity index (χ0n) is 23.4. The maximum Gasteiger partial charge on any atom is 0.303 e. The molecule has 25 heavy (non-hydrogen) atoms. The van der Waals surface area contributed by atoms with Crippen LogP contribution in [0.15, 0.2) is 12.2 Å². The summed E-state index contributed by atoms with van der Waals surface area (Å²) in [6.45, 7) is -3.42. The second-order valence-electron chi connectivity index (χ2n) is 6.54. The third-order valence-electron chi connectivity index (χ3n) is 4.61. The Morgan fingerprint density at radius 2 is 2.00 bits per heavy atom. The van der Waals surface area contributed by atoms with Gasteiger partial charge in [-0.05, 0) is 25.2 Å². The smallest absolute Gasteiger partial charge is 0.303 e.